The highest BCUT2D eigenvalue weighted by Gasteiger charge is 2.02. The molecule has 0 saturated heterocycles. The zero-order chi connectivity index (χ0) is 13.5. The van der Waals surface area contributed by atoms with E-state index in [1.165, 1.54) is 0 Å². The van der Waals surface area contributed by atoms with Gasteiger partial charge in [-0.1, -0.05) is 18.2 Å². The van der Waals surface area contributed by atoms with Crippen molar-refractivity contribution in [1.29, 1.82) is 0 Å². The minimum Gasteiger partial charge on any atom is -0.490 e. The number of rotatable bonds is 6. The first kappa shape index (κ1) is 13.4. The fraction of sp³-hybridized carbons (Fsp3) is 0.267. The maximum atomic E-state index is 5.81. The SMILES string of the molecule is CC(N)c1ccnc(OCCOc2ccccc2)c1. The molecule has 0 spiro atoms. The van der Waals surface area contributed by atoms with Crippen molar-refractivity contribution in [3.05, 3.63) is 54.2 Å². The summed E-state index contributed by atoms with van der Waals surface area (Å²) in [6.45, 7) is 2.86. The molecule has 2 aromatic rings. The van der Waals surface area contributed by atoms with Crippen LogP contribution < -0.4 is 15.2 Å². The number of hydrogen-bond acceptors (Lipinski definition) is 4. The molecule has 1 atom stereocenters. The summed E-state index contributed by atoms with van der Waals surface area (Å²) in [5, 5.41) is 0. The third-order valence-corrected chi connectivity index (χ3v) is 2.63. The Morgan fingerprint density at radius 1 is 1.11 bits per heavy atom. The summed E-state index contributed by atoms with van der Waals surface area (Å²) in [6, 6.07) is 13.4. The van der Waals surface area contributed by atoms with Crippen LogP contribution in [-0.2, 0) is 0 Å². The zero-order valence-corrected chi connectivity index (χ0v) is 11.0. The Bertz CT molecular complexity index is 501. The number of pyridine rings is 1. The molecule has 4 nitrogen and oxygen atoms in total. The number of ether oxygens (including phenoxy) is 2. The van der Waals surface area contributed by atoms with Gasteiger partial charge >= 0.3 is 0 Å². The highest BCUT2D eigenvalue weighted by atomic mass is 16.5. The molecule has 0 amide bonds. The van der Waals surface area contributed by atoms with Crippen LogP contribution in [0.25, 0.3) is 0 Å². The first-order valence-electron chi connectivity index (χ1n) is 6.28. The van der Waals surface area contributed by atoms with E-state index in [0.29, 0.717) is 19.1 Å². The molecule has 0 fully saturated rings. The smallest absolute Gasteiger partial charge is 0.213 e. The van der Waals surface area contributed by atoms with Crippen LogP contribution in [0.4, 0.5) is 0 Å². The average molecular weight is 258 g/mol. The van der Waals surface area contributed by atoms with E-state index in [1.54, 1.807) is 6.20 Å². The molecular formula is C15H18N2O2. The molecule has 0 aliphatic carbocycles. The monoisotopic (exact) mass is 258 g/mol. The van der Waals surface area contributed by atoms with Crippen LogP contribution >= 0.6 is 0 Å². The highest BCUT2D eigenvalue weighted by Crippen LogP contribution is 2.14. The molecule has 0 bridgehead atoms. The highest BCUT2D eigenvalue weighted by molar-refractivity contribution is 5.23. The Balaban J connectivity index is 1.78. The van der Waals surface area contributed by atoms with Crippen LogP contribution in [0.2, 0.25) is 0 Å². The number of nitrogens with two attached hydrogens (primary N) is 1. The molecule has 19 heavy (non-hydrogen) atoms. The van der Waals surface area contributed by atoms with Gasteiger partial charge in [-0.15, -0.1) is 0 Å². The normalized spacial score (nSPS) is 11.9. The molecule has 2 N–H and O–H groups in total. The zero-order valence-electron chi connectivity index (χ0n) is 11.0. The summed E-state index contributed by atoms with van der Waals surface area (Å²) in [4.78, 5) is 4.13. The lowest BCUT2D eigenvalue weighted by Gasteiger charge is -2.09. The fourth-order valence-electron chi connectivity index (χ4n) is 1.61. The van der Waals surface area contributed by atoms with E-state index in [2.05, 4.69) is 4.98 Å². The predicted molar refractivity (Wildman–Crippen MR) is 74.3 cm³/mol. The minimum absolute atomic E-state index is 0.0223. The second kappa shape index (κ2) is 6.75. The van der Waals surface area contributed by atoms with Crippen LogP contribution in [-0.4, -0.2) is 18.2 Å². The van der Waals surface area contributed by atoms with Crippen LogP contribution in [0.3, 0.4) is 0 Å². The van der Waals surface area contributed by atoms with Gasteiger partial charge in [0.15, 0.2) is 0 Å². The lowest BCUT2D eigenvalue weighted by molar-refractivity contribution is 0.212. The van der Waals surface area contributed by atoms with E-state index in [9.17, 15) is 0 Å². The predicted octanol–water partition coefficient (Wildman–Crippen LogP) is 2.56. The van der Waals surface area contributed by atoms with Gasteiger partial charge in [0.2, 0.25) is 5.88 Å². The summed E-state index contributed by atoms with van der Waals surface area (Å²) in [5.74, 6) is 1.41. The molecule has 0 saturated carbocycles. The Labute approximate surface area is 113 Å². The number of benzene rings is 1. The molecule has 1 heterocycles. The Hall–Kier alpha value is -2.07. The molecule has 0 aliphatic rings. The fourth-order valence-corrected chi connectivity index (χ4v) is 1.61. The van der Waals surface area contributed by atoms with Crippen molar-refractivity contribution in [2.24, 2.45) is 5.73 Å². The number of aromatic nitrogens is 1. The van der Waals surface area contributed by atoms with Crippen molar-refractivity contribution in [1.82, 2.24) is 4.98 Å². The van der Waals surface area contributed by atoms with Crippen molar-refractivity contribution in [3.8, 4) is 11.6 Å². The first-order chi connectivity index (χ1) is 9.25. The van der Waals surface area contributed by atoms with Crippen LogP contribution in [0, 0.1) is 0 Å². The second-order valence-corrected chi connectivity index (χ2v) is 4.23. The standard InChI is InChI=1S/C15H18N2O2/c1-12(16)13-7-8-17-15(11-13)19-10-9-18-14-5-3-2-4-6-14/h2-8,11-12H,9-10,16H2,1H3. The van der Waals surface area contributed by atoms with Crippen LogP contribution in [0.5, 0.6) is 11.6 Å². The van der Waals surface area contributed by atoms with Gasteiger partial charge < -0.3 is 15.2 Å². The summed E-state index contributed by atoms with van der Waals surface area (Å²) < 4.78 is 11.1. The third kappa shape index (κ3) is 4.26. The van der Waals surface area contributed by atoms with E-state index in [4.69, 9.17) is 15.2 Å². The van der Waals surface area contributed by atoms with Gasteiger partial charge in [-0.2, -0.15) is 0 Å². The molecule has 1 aromatic heterocycles. The Morgan fingerprint density at radius 3 is 2.58 bits per heavy atom. The summed E-state index contributed by atoms with van der Waals surface area (Å²) in [6.07, 6.45) is 1.70. The van der Waals surface area contributed by atoms with Gasteiger partial charge in [0, 0.05) is 18.3 Å². The maximum absolute atomic E-state index is 5.81. The summed E-state index contributed by atoms with van der Waals surface area (Å²) >= 11 is 0. The molecule has 2 rings (SSSR count). The molecule has 1 aromatic carbocycles. The topological polar surface area (TPSA) is 57.4 Å². The molecule has 100 valence electrons. The average Bonchev–Trinajstić information content (AvgIpc) is 2.45. The first-order valence-corrected chi connectivity index (χ1v) is 6.28. The number of para-hydroxylation sites is 1. The van der Waals surface area contributed by atoms with Gasteiger partial charge in [0.1, 0.15) is 19.0 Å². The minimum atomic E-state index is -0.0223. The van der Waals surface area contributed by atoms with Crippen LogP contribution in [0.1, 0.15) is 18.5 Å². The van der Waals surface area contributed by atoms with E-state index in [-0.39, 0.29) is 6.04 Å². The molecule has 1 unspecified atom stereocenters. The Morgan fingerprint density at radius 2 is 1.84 bits per heavy atom. The van der Waals surface area contributed by atoms with Crippen molar-refractivity contribution >= 4 is 0 Å². The third-order valence-electron chi connectivity index (χ3n) is 2.63. The summed E-state index contributed by atoms with van der Waals surface area (Å²) in [7, 11) is 0. The van der Waals surface area contributed by atoms with E-state index in [0.717, 1.165) is 11.3 Å². The van der Waals surface area contributed by atoms with Gasteiger partial charge in [-0.25, -0.2) is 4.98 Å². The van der Waals surface area contributed by atoms with E-state index in [1.807, 2.05) is 49.4 Å². The van der Waals surface area contributed by atoms with Crippen molar-refractivity contribution < 1.29 is 9.47 Å². The van der Waals surface area contributed by atoms with E-state index >= 15 is 0 Å². The molecule has 4 heteroatoms. The van der Waals surface area contributed by atoms with E-state index < -0.39 is 0 Å². The van der Waals surface area contributed by atoms with Gasteiger partial charge in [0.05, 0.1) is 0 Å². The maximum Gasteiger partial charge on any atom is 0.213 e. The largest absolute Gasteiger partial charge is 0.490 e. The molecule has 0 radical (unpaired) electrons. The lowest BCUT2D eigenvalue weighted by atomic mass is 10.1. The van der Waals surface area contributed by atoms with Crippen molar-refractivity contribution in [3.63, 3.8) is 0 Å². The Kier molecular flexibility index (Phi) is 4.75. The van der Waals surface area contributed by atoms with Gasteiger partial charge in [0.25, 0.3) is 0 Å². The molecule has 0 aliphatic heterocycles. The van der Waals surface area contributed by atoms with Gasteiger partial charge in [-0.05, 0) is 30.7 Å². The van der Waals surface area contributed by atoms with Crippen molar-refractivity contribution in [2.75, 3.05) is 13.2 Å². The quantitative estimate of drug-likeness (QED) is 0.809. The van der Waals surface area contributed by atoms with Crippen molar-refractivity contribution in [2.45, 2.75) is 13.0 Å². The number of hydrogen-bond donors (Lipinski definition) is 1. The summed E-state index contributed by atoms with van der Waals surface area (Å²) in [5.41, 5.74) is 6.81. The molecular weight excluding hydrogens is 240 g/mol. The number of nitrogens with zero attached hydrogens (tertiary/aromatic N) is 1. The lowest BCUT2D eigenvalue weighted by Crippen LogP contribution is -2.10. The van der Waals surface area contributed by atoms with Gasteiger partial charge in [-0.3, -0.25) is 0 Å². The van der Waals surface area contributed by atoms with Crippen LogP contribution in [0.15, 0.2) is 48.7 Å². The second-order valence-electron chi connectivity index (χ2n) is 4.23.